The Morgan fingerprint density at radius 2 is 2.33 bits per heavy atom. The number of ether oxygens (including phenoxy) is 1. The molecule has 2 N–H and O–H groups in total. The van der Waals surface area contributed by atoms with E-state index < -0.39 is 18.5 Å². The van der Waals surface area contributed by atoms with Gasteiger partial charge in [0.2, 0.25) is 0 Å². The second-order valence-electron chi connectivity index (χ2n) is 4.31. The maximum atomic E-state index is 11.9. The van der Waals surface area contributed by atoms with Crippen molar-refractivity contribution in [2.24, 2.45) is 0 Å². The van der Waals surface area contributed by atoms with E-state index in [1.165, 1.54) is 0 Å². The average Bonchev–Trinajstić information content (AvgIpc) is 2.27. The van der Waals surface area contributed by atoms with Crippen LogP contribution in [0.15, 0.2) is 0 Å². The van der Waals surface area contributed by atoms with Gasteiger partial charge >= 0.3 is 12.0 Å². The molecule has 0 aromatic carbocycles. The van der Waals surface area contributed by atoms with Crippen LogP contribution in [0.5, 0.6) is 0 Å². The third kappa shape index (κ3) is 4.63. The van der Waals surface area contributed by atoms with Crippen molar-refractivity contribution in [1.82, 2.24) is 10.2 Å². The normalized spacial score (nSPS) is 22.9. The molecule has 1 rings (SSSR count). The maximum Gasteiger partial charge on any atom is 0.323 e. The van der Waals surface area contributed by atoms with E-state index in [0.717, 1.165) is 17.7 Å². The third-order valence-corrected chi connectivity index (χ3v) is 2.71. The number of carboxylic acids is 1. The zero-order valence-electron chi connectivity index (χ0n) is 10.4. The Kier molecular flexibility index (Phi) is 5.46. The molecule has 1 saturated heterocycles. The van der Waals surface area contributed by atoms with Crippen LogP contribution in [0.3, 0.4) is 0 Å². The zero-order chi connectivity index (χ0) is 13.5. The van der Waals surface area contributed by atoms with Crippen molar-refractivity contribution in [2.45, 2.75) is 31.9 Å². The first kappa shape index (κ1) is 14.3. The van der Waals surface area contributed by atoms with E-state index in [-0.39, 0.29) is 18.7 Å². The van der Waals surface area contributed by atoms with Crippen LogP contribution >= 0.6 is 0 Å². The van der Waals surface area contributed by atoms with Crippen LogP contribution in [0.4, 0.5) is 4.79 Å². The minimum Gasteiger partial charge on any atom is -0.480 e. The van der Waals surface area contributed by atoms with Crippen molar-refractivity contribution >= 4 is 12.0 Å². The Balaban J connectivity index is 2.50. The smallest absolute Gasteiger partial charge is 0.323 e. The first-order chi connectivity index (χ1) is 8.52. The highest BCUT2D eigenvalue weighted by Gasteiger charge is 2.23. The summed E-state index contributed by atoms with van der Waals surface area (Å²) in [6, 6.07) is -0.426. The lowest BCUT2D eigenvalue weighted by Crippen LogP contribution is -2.49. The molecule has 2 unspecified atom stereocenters. The van der Waals surface area contributed by atoms with Crippen LogP contribution in [0.2, 0.25) is 0 Å². The maximum absolute atomic E-state index is 11.9. The molecule has 0 aromatic rings. The first-order valence-corrected chi connectivity index (χ1v) is 5.85. The quantitative estimate of drug-likeness (QED) is 0.706. The molecule has 0 saturated carbocycles. The van der Waals surface area contributed by atoms with Gasteiger partial charge in [-0.2, -0.15) is 0 Å². The van der Waals surface area contributed by atoms with Crippen molar-refractivity contribution < 1.29 is 19.4 Å². The molecule has 6 heteroatoms. The van der Waals surface area contributed by atoms with E-state index >= 15 is 0 Å². The van der Waals surface area contributed by atoms with Crippen molar-refractivity contribution in [3.63, 3.8) is 0 Å². The number of hydrogen-bond donors (Lipinski definition) is 2. The van der Waals surface area contributed by atoms with E-state index in [9.17, 15) is 9.59 Å². The van der Waals surface area contributed by atoms with Gasteiger partial charge in [-0.1, -0.05) is 5.92 Å². The minimum atomic E-state index is -1.08. The highest BCUT2D eigenvalue weighted by Crippen LogP contribution is 2.13. The Morgan fingerprint density at radius 3 is 2.89 bits per heavy atom. The summed E-state index contributed by atoms with van der Waals surface area (Å²) >= 11 is 0. The van der Waals surface area contributed by atoms with Gasteiger partial charge in [-0.25, -0.2) is 4.79 Å². The van der Waals surface area contributed by atoms with E-state index in [2.05, 4.69) is 11.2 Å². The number of nitrogens with zero attached hydrogens (tertiary/aromatic N) is 1. The molecule has 1 aliphatic heterocycles. The van der Waals surface area contributed by atoms with Crippen molar-refractivity contribution in [1.29, 1.82) is 0 Å². The molecular weight excluding hydrogens is 236 g/mol. The van der Waals surface area contributed by atoms with Gasteiger partial charge in [0.15, 0.2) is 0 Å². The SMILES string of the molecule is C#CCN(CC(=O)O)C(=O)NC1CCOC(C)C1. The molecule has 1 aliphatic rings. The monoisotopic (exact) mass is 254 g/mol. The summed E-state index contributed by atoms with van der Waals surface area (Å²) < 4.78 is 5.37. The number of rotatable bonds is 4. The molecule has 0 spiro atoms. The predicted octanol–water partition coefficient (Wildman–Crippen LogP) is 0.283. The molecule has 0 bridgehead atoms. The lowest BCUT2D eigenvalue weighted by atomic mass is 10.0. The number of amides is 2. The summed E-state index contributed by atoms with van der Waals surface area (Å²) in [6.45, 7) is 2.13. The minimum absolute atomic E-state index is 0.00955. The lowest BCUT2D eigenvalue weighted by Gasteiger charge is -2.29. The second-order valence-corrected chi connectivity index (χ2v) is 4.31. The standard InChI is InChI=1S/C12H18N2O4/c1-3-5-14(8-11(15)16)12(17)13-10-4-6-18-9(2)7-10/h1,9-10H,4-8H2,2H3,(H,13,17)(H,15,16). The molecule has 2 amide bonds. The second kappa shape index (κ2) is 6.87. The number of terminal acetylenes is 1. The summed E-state index contributed by atoms with van der Waals surface area (Å²) in [5.41, 5.74) is 0. The number of hydrogen-bond acceptors (Lipinski definition) is 3. The molecule has 18 heavy (non-hydrogen) atoms. The van der Waals surface area contributed by atoms with Gasteiger partial charge in [0.05, 0.1) is 12.6 Å². The molecular formula is C12H18N2O4. The van der Waals surface area contributed by atoms with Gasteiger partial charge in [0, 0.05) is 12.6 Å². The van der Waals surface area contributed by atoms with Crippen LogP contribution in [-0.4, -0.2) is 53.8 Å². The fourth-order valence-corrected chi connectivity index (χ4v) is 1.87. The van der Waals surface area contributed by atoms with Crippen LogP contribution in [0.1, 0.15) is 19.8 Å². The predicted molar refractivity (Wildman–Crippen MR) is 65.0 cm³/mol. The van der Waals surface area contributed by atoms with Crippen LogP contribution in [0, 0.1) is 12.3 Å². The van der Waals surface area contributed by atoms with Gasteiger partial charge in [-0.15, -0.1) is 6.42 Å². The Labute approximate surface area is 106 Å². The van der Waals surface area contributed by atoms with E-state index in [4.69, 9.17) is 16.3 Å². The number of carboxylic acid groups (broad SMARTS) is 1. The Bertz CT molecular complexity index is 350. The third-order valence-electron chi connectivity index (χ3n) is 2.71. The molecule has 1 heterocycles. The number of carbonyl (C=O) groups excluding carboxylic acids is 1. The molecule has 0 radical (unpaired) electrons. The first-order valence-electron chi connectivity index (χ1n) is 5.85. The Hall–Kier alpha value is -1.74. The van der Waals surface area contributed by atoms with Crippen molar-refractivity contribution in [2.75, 3.05) is 19.7 Å². The summed E-state index contributed by atoms with van der Waals surface area (Å²) in [5.74, 6) is 1.19. The zero-order valence-corrected chi connectivity index (χ0v) is 10.4. The van der Waals surface area contributed by atoms with Gasteiger partial charge < -0.3 is 20.1 Å². The summed E-state index contributed by atoms with van der Waals surface area (Å²) in [4.78, 5) is 23.6. The fraction of sp³-hybridized carbons (Fsp3) is 0.667. The Morgan fingerprint density at radius 1 is 1.61 bits per heavy atom. The van der Waals surface area contributed by atoms with Crippen molar-refractivity contribution in [3.05, 3.63) is 0 Å². The molecule has 6 nitrogen and oxygen atoms in total. The van der Waals surface area contributed by atoms with Crippen molar-refractivity contribution in [3.8, 4) is 12.3 Å². The number of carbonyl (C=O) groups is 2. The molecule has 0 aliphatic carbocycles. The summed E-state index contributed by atoms with van der Waals surface area (Å²) in [7, 11) is 0. The van der Waals surface area contributed by atoms with E-state index in [0.29, 0.717) is 6.61 Å². The van der Waals surface area contributed by atoms with Crippen LogP contribution < -0.4 is 5.32 Å². The number of urea groups is 1. The van der Waals surface area contributed by atoms with E-state index in [1.54, 1.807) is 0 Å². The van der Waals surface area contributed by atoms with Gasteiger partial charge in [0.1, 0.15) is 6.54 Å². The molecule has 100 valence electrons. The average molecular weight is 254 g/mol. The number of aliphatic carboxylic acids is 1. The van der Waals surface area contributed by atoms with Gasteiger partial charge in [0.25, 0.3) is 0 Å². The highest BCUT2D eigenvalue weighted by molar-refractivity contribution is 5.80. The van der Waals surface area contributed by atoms with Crippen LogP contribution in [-0.2, 0) is 9.53 Å². The molecule has 0 aromatic heterocycles. The fourth-order valence-electron chi connectivity index (χ4n) is 1.87. The highest BCUT2D eigenvalue weighted by atomic mass is 16.5. The van der Waals surface area contributed by atoms with Gasteiger partial charge in [-0.3, -0.25) is 4.79 Å². The van der Waals surface area contributed by atoms with E-state index in [1.807, 2.05) is 6.92 Å². The largest absolute Gasteiger partial charge is 0.480 e. The summed E-state index contributed by atoms with van der Waals surface area (Å²) in [5, 5.41) is 11.5. The lowest BCUT2D eigenvalue weighted by molar-refractivity contribution is -0.137. The molecule has 1 fully saturated rings. The molecule has 2 atom stereocenters. The van der Waals surface area contributed by atoms with Gasteiger partial charge in [-0.05, 0) is 19.8 Å². The van der Waals surface area contributed by atoms with Crippen LogP contribution in [0.25, 0.3) is 0 Å². The summed E-state index contributed by atoms with van der Waals surface area (Å²) in [6.07, 6.45) is 6.67. The topological polar surface area (TPSA) is 78.9 Å². The number of nitrogens with one attached hydrogen (secondary N) is 1.